The van der Waals surface area contributed by atoms with E-state index < -0.39 is 5.97 Å². The maximum Gasteiger partial charge on any atom is 0.356 e. The monoisotopic (exact) mass is 194 g/mol. The predicted molar refractivity (Wildman–Crippen MR) is 52.1 cm³/mol. The number of carbonyl (C=O) groups excluding carboxylic acids is 1. The fraction of sp³-hybridized carbons (Fsp3) is 0.500. The van der Waals surface area contributed by atoms with Crippen LogP contribution in [-0.2, 0) is 4.74 Å². The molecule has 4 heteroatoms. The van der Waals surface area contributed by atoms with E-state index in [2.05, 4.69) is 28.6 Å². The van der Waals surface area contributed by atoms with Crippen molar-refractivity contribution in [3.8, 4) is 0 Å². The van der Waals surface area contributed by atoms with E-state index in [1.54, 1.807) is 6.07 Å². The molecule has 0 aliphatic carbocycles. The summed E-state index contributed by atoms with van der Waals surface area (Å²) in [7, 11) is 1.34. The first-order valence-electron chi connectivity index (χ1n) is 4.59. The minimum Gasteiger partial charge on any atom is -0.464 e. The first-order chi connectivity index (χ1) is 6.69. The summed E-state index contributed by atoms with van der Waals surface area (Å²) in [6, 6.07) is 1.68. The minimum absolute atomic E-state index is 0.317. The molecule has 0 aliphatic rings. The number of nitrogens with zero attached hydrogens (tertiary/aromatic N) is 2. The van der Waals surface area contributed by atoms with Crippen molar-refractivity contribution < 1.29 is 9.53 Å². The van der Waals surface area contributed by atoms with Gasteiger partial charge in [0.15, 0.2) is 5.69 Å². The molecule has 1 aromatic rings. The molecule has 76 valence electrons. The van der Waals surface area contributed by atoms with Crippen molar-refractivity contribution in [1.29, 1.82) is 0 Å². The molecule has 0 aliphatic heterocycles. The summed E-state index contributed by atoms with van der Waals surface area (Å²) >= 11 is 0. The van der Waals surface area contributed by atoms with Crippen LogP contribution in [0, 0.1) is 0 Å². The van der Waals surface area contributed by atoms with Gasteiger partial charge in [-0.25, -0.2) is 14.8 Å². The van der Waals surface area contributed by atoms with Crippen LogP contribution < -0.4 is 0 Å². The molecule has 0 bridgehead atoms. The highest BCUT2D eigenvalue weighted by Crippen LogP contribution is 2.15. The zero-order chi connectivity index (χ0) is 10.6. The van der Waals surface area contributed by atoms with Crippen LogP contribution in [0.15, 0.2) is 12.4 Å². The van der Waals surface area contributed by atoms with E-state index in [1.165, 1.54) is 13.4 Å². The van der Waals surface area contributed by atoms with E-state index in [-0.39, 0.29) is 0 Å². The molecular formula is C10H14N2O2. The molecule has 4 nitrogen and oxygen atoms in total. The Kier molecular flexibility index (Phi) is 3.56. The topological polar surface area (TPSA) is 52.1 Å². The molecule has 0 saturated heterocycles. The Bertz CT molecular complexity index is 326. The Balaban J connectivity index is 2.95. The molecule has 1 heterocycles. The average molecular weight is 194 g/mol. The summed E-state index contributed by atoms with van der Waals surface area (Å²) in [5, 5.41) is 0. The Morgan fingerprint density at radius 1 is 1.57 bits per heavy atom. The fourth-order valence-corrected chi connectivity index (χ4v) is 1.07. The maximum atomic E-state index is 11.2. The van der Waals surface area contributed by atoms with Gasteiger partial charge in [-0.1, -0.05) is 13.8 Å². The Hall–Kier alpha value is -1.45. The maximum absolute atomic E-state index is 11.2. The minimum atomic E-state index is -0.419. The molecule has 0 N–H and O–H groups in total. The number of aromatic nitrogens is 2. The molecular weight excluding hydrogens is 180 g/mol. The largest absolute Gasteiger partial charge is 0.464 e. The number of methoxy groups -OCH3 is 1. The van der Waals surface area contributed by atoms with Crippen LogP contribution in [0.5, 0.6) is 0 Å². The lowest BCUT2D eigenvalue weighted by Crippen LogP contribution is -2.07. The molecule has 1 rings (SSSR count). The highest BCUT2D eigenvalue weighted by molar-refractivity contribution is 5.87. The zero-order valence-electron chi connectivity index (χ0n) is 8.65. The summed E-state index contributed by atoms with van der Waals surface area (Å²) in [5.74, 6) is -0.0849. The van der Waals surface area contributed by atoms with Gasteiger partial charge in [0.1, 0.15) is 6.33 Å². The van der Waals surface area contributed by atoms with Crippen molar-refractivity contribution in [2.24, 2.45) is 0 Å². The Labute approximate surface area is 83.3 Å². The summed E-state index contributed by atoms with van der Waals surface area (Å²) < 4.78 is 4.58. The fourth-order valence-electron chi connectivity index (χ4n) is 1.07. The van der Waals surface area contributed by atoms with Gasteiger partial charge in [-0.2, -0.15) is 0 Å². The molecule has 0 aromatic carbocycles. The van der Waals surface area contributed by atoms with Crippen molar-refractivity contribution >= 4 is 5.97 Å². The quantitative estimate of drug-likeness (QED) is 0.688. The lowest BCUT2D eigenvalue weighted by molar-refractivity contribution is 0.0593. The van der Waals surface area contributed by atoms with Crippen molar-refractivity contribution in [2.75, 3.05) is 7.11 Å². The van der Waals surface area contributed by atoms with Crippen LogP contribution >= 0.6 is 0 Å². The van der Waals surface area contributed by atoms with E-state index in [9.17, 15) is 4.79 Å². The van der Waals surface area contributed by atoms with Gasteiger partial charge in [0.25, 0.3) is 0 Å². The standard InChI is InChI=1S/C10H14N2O2/c1-4-7(2)8-5-9(10(13)14-3)12-6-11-8/h5-7H,4H2,1-3H3/t7-/m0/s1. The highest BCUT2D eigenvalue weighted by atomic mass is 16.5. The number of esters is 1. The number of rotatable bonds is 3. The van der Waals surface area contributed by atoms with E-state index in [1.807, 2.05) is 0 Å². The molecule has 0 fully saturated rings. The van der Waals surface area contributed by atoms with Gasteiger partial charge in [0.05, 0.1) is 7.11 Å². The van der Waals surface area contributed by atoms with Gasteiger partial charge < -0.3 is 4.74 Å². The van der Waals surface area contributed by atoms with Crippen LogP contribution in [-0.4, -0.2) is 23.0 Å². The van der Waals surface area contributed by atoms with Crippen LogP contribution in [0.2, 0.25) is 0 Å². The highest BCUT2D eigenvalue weighted by Gasteiger charge is 2.11. The lowest BCUT2D eigenvalue weighted by atomic mass is 10.0. The molecule has 1 aromatic heterocycles. The number of hydrogen-bond donors (Lipinski definition) is 0. The summed E-state index contributed by atoms with van der Waals surface area (Å²) in [5.41, 5.74) is 1.20. The van der Waals surface area contributed by atoms with E-state index in [0.29, 0.717) is 11.6 Å². The molecule has 0 unspecified atom stereocenters. The smallest absolute Gasteiger partial charge is 0.356 e. The second kappa shape index (κ2) is 4.69. The molecule has 0 radical (unpaired) electrons. The number of hydrogen-bond acceptors (Lipinski definition) is 4. The Morgan fingerprint density at radius 2 is 2.29 bits per heavy atom. The van der Waals surface area contributed by atoms with Crippen molar-refractivity contribution in [1.82, 2.24) is 9.97 Å². The van der Waals surface area contributed by atoms with Crippen LogP contribution in [0.25, 0.3) is 0 Å². The van der Waals surface area contributed by atoms with Gasteiger partial charge in [-0.3, -0.25) is 0 Å². The molecule has 0 amide bonds. The van der Waals surface area contributed by atoms with Gasteiger partial charge in [-0.05, 0) is 18.4 Å². The zero-order valence-corrected chi connectivity index (χ0v) is 8.65. The third kappa shape index (κ3) is 2.28. The second-order valence-electron chi connectivity index (χ2n) is 3.13. The molecule has 1 atom stereocenters. The van der Waals surface area contributed by atoms with Crippen molar-refractivity contribution in [2.45, 2.75) is 26.2 Å². The number of ether oxygens (including phenoxy) is 1. The Morgan fingerprint density at radius 3 is 2.86 bits per heavy atom. The van der Waals surface area contributed by atoms with E-state index >= 15 is 0 Å². The molecule has 0 spiro atoms. The van der Waals surface area contributed by atoms with Gasteiger partial charge in [0, 0.05) is 5.69 Å². The van der Waals surface area contributed by atoms with Crippen molar-refractivity contribution in [3.05, 3.63) is 23.8 Å². The lowest BCUT2D eigenvalue weighted by Gasteiger charge is -2.07. The first-order valence-corrected chi connectivity index (χ1v) is 4.59. The normalized spacial score (nSPS) is 12.2. The van der Waals surface area contributed by atoms with E-state index in [4.69, 9.17) is 0 Å². The van der Waals surface area contributed by atoms with Gasteiger partial charge in [0.2, 0.25) is 0 Å². The van der Waals surface area contributed by atoms with Gasteiger partial charge in [-0.15, -0.1) is 0 Å². The summed E-state index contributed by atoms with van der Waals surface area (Å²) in [6.07, 6.45) is 2.38. The van der Waals surface area contributed by atoms with Gasteiger partial charge >= 0.3 is 5.97 Å². The van der Waals surface area contributed by atoms with Crippen LogP contribution in [0.4, 0.5) is 0 Å². The summed E-state index contributed by atoms with van der Waals surface area (Å²) in [4.78, 5) is 19.1. The third-order valence-corrected chi connectivity index (χ3v) is 2.20. The van der Waals surface area contributed by atoms with Crippen LogP contribution in [0.3, 0.4) is 0 Å². The van der Waals surface area contributed by atoms with Crippen molar-refractivity contribution in [3.63, 3.8) is 0 Å². The molecule has 0 saturated carbocycles. The SMILES string of the molecule is CC[C@H](C)c1cc(C(=O)OC)ncn1. The summed E-state index contributed by atoms with van der Waals surface area (Å²) in [6.45, 7) is 4.13. The predicted octanol–water partition coefficient (Wildman–Crippen LogP) is 1.78. The van der Waals surface area contributed by atoms with E-state index in [0.717, 1.165) is 12.1 Å². The third-order valence-electron chi connectivity index (χ3n) is 2.20. The first kappa shape index (κ1) is 10.6. The average Bonchev–Trinajstić information content (AvgIpc) is 2.27. The molecule has 14 heavy (non-hydrogen) atoms. The van der Waals surface area contributed by atoms with Crippen LogP contribution in [0.1, 0.15) is 42.4 Å². The second-order valence-corrected chi connectivity index (χ2v) is 3.13. The number of carbonyl (C=O) groups is 1.